The summed E-state index contributed by atoms with van der Waals surface area (Å²) in [6, 6.07) is 10.3. The highest BCUT2D eigenvalue weighted by atomic mass is 19.3. The summed E-state index contributed by atoms with van der Waals surface area (Å²) >= 11 is 0. The van der Waals surface area contributed by atoms with E-state index in [9.17, 15) is 13.6 Å². The van der Waals surface area contributed by atoms with Crippen LogP contribution in [0, 0.1) is 6.92 Å². The van der Waals surface area contributed by atoms with Crippen molar-refractivity contribution in [3.63, 3.8) is 0 Å². The molecule has 0 aliphatic rings. The number of rotatable bonds is 2. The molecule has 1 aromatic heterocycles. The molecule has 2 rings (SSSR count). The highest BCUT2D eigenvalue weighted by Gasteiger charge is 2.08. The number of aromatic nitrogens is 1. The largest absolute Gasteiger partial charge is 0.321 e. The Kier molecular flexibility index (Phi) is 3.04. The molecule has 88 valence electrons. The highest BCUT2D eigenvalue weighted by molar-refractivity contribution is 5.63. The van der Waals surface area contributed by atoms with Gasteiger partial charge in [-0.15, -0.1) is 0 Å². The molecule has 0 bridgehead atoms. The first-order valence-corrected chi connectivity index (χ1v) is 5.15. The van der Waals surface area contributed by atoms with Crippen LogP contribution in [0.4, 0.5) is 8.78 Å². The van der Waals surface area contributed by atoms with Gasteiger partial charge in [-0.25, -0.2) is 0 Å². The summed E-state index contributed by atoms with van der Waals surface area (Å²) in [5.41, 5.74) is 1.86. The first-order chi connectivity index (χ1) is 8.08. The average molecular weight is 235 g/mol. The predicted octanol–water partition coefficient (Wildman–Crippen LogP) is 3.22. The van der Waals surface area contributed by atoms with Crippen molar-refractivity contribution < 1.29 is 8.78 Å². The van der Waals surface area contributed by atoms with Crippen LogP contribution in [0.25, 0.3) is 11.1 Å². The van der Waals surface area contributed by atoms with E-state index >= 15 is 0 Å². The summed E-state index contributed by atoms with van der Waals surface area (Å²) in [7, 11) is 0. The van der Waals surface area contributed by atoms with Crippen LogP contribution in [0.15, 0.2) is 47.4 Å². The maximum absolute atomic E-state index is 12.4. The maximum atomic E-state index is 12.4. The van der Waals surface area contributed by atoms with Crippen molar-refractivity contribution in [1.29, 1.82) is 0 Å². The number of benzene rings is 1. The van der Waals surface area contributed by atoms with Crippen LogP contribution >= 0.6 is 0 Å². The minimum atomic E-state index is -2.80. The molecule has 0 radical (unpaired) electrons. The van der Waals surface area contributed by atoms with Crippen molar-refractivity contribution in [1.82, 2.24) is 4.57 Å². The van der Waals surface area contributed by atoms with Gasteiger partial charge in [0.15, 0.2) is 0 Å². The Morgan fingerprint density at radius 1 is 1.12 bits per heavy atom. The van der Waals surface area contributed by atoms with Gasteiger partial charge in [-0.3, -0.25) is 9.36 Å². The molecule has 0 N–H and O–H groups in total. The molecule has 1 aromatic carbocycles. The van der Waals surface area contributed by atoms with E-state index in [4.69, 9.17) is 0 Å². The molecule has 4 heteroatoms. The quantitative estimate of drug-likeness (QED) is 0.783. The third kappa shape index (κ3) is 2.41. The number of hydrogen-bond acceptors (Lipinski definition) is 1. The van der Waals surface area contributed by atoms with Gasteiger partial charge in [0.1, 0.15) is 0 Å². The Balaban J connectivity index is 2.48. The van der Waals surface area contributed by atoms with Gasteiger partial charge < -0.3 is 0 Å². The lowest BCUT2D eigenvalue weighted by molar-refractivity contribution is 0.0664. The van der Waals surface area contributed by atoms with E-state index in [1.165, 1.54) is 12.1 Å². The van der Waals surface area contributed by atoms with Gasteiger partial charge >= 0.3 is 6.55 Å². The topological polar surface area (TPSA) is 22.0 Å². The van der Waals surface area contributed by atoms with Gasteiger partial charge in [0.25, 0.3) is 5.56 Å². The molecule has 17 heavy (non-hydrogen) atoms. The molecule has 2 nitrogen and oxygen atoms in total. The minimum Gasteiger partial charge on any atom is -0.269 e. The van der Waals surface area contributed by atoms with Gasteiger partial charge in [-0.05, 0) is 24.1 Å². The van der Waals surface area contributed by atoms with Crippen LogP contribution in [-0.2, 0) is 0 Å². The van der Waals surface area contributed by atoms with Gasteiger partial charge in [0.05, 0.1) is 0 Å². The molecule has 2 aromatic rings. The van der Waals surface area contributed by atoms with E-state index in [2.05, 4.69) is 0 Å². The Morgan fingerprint density at radius 2 is 1.82 bits per heavy atom. The number of aryl methyl sites for hydroxylation is 1. The molecule has 0 atom stereocenters. The van der Waals surface area contributed by atoms with Crippen LogP contribution in [0.1, 0.15) is 12.1 Å². The Hall–Kier alpha value is -1.97. The monoisotopic (exact) mass is 235 g/mol. The minimum absolute atomic E-state index is 0.402. The molecule has 0 spiro atoms. The first kappa shape index (κ1) is 11.5. The van der Waals surface area contributed by atoms with Crippen molar-refractivity contribution in [2.24, 2.45) is 0 Å². The molecular weight excluding hydrogens is 224 g/mol. The molecule has 1 heterocycles. The summed E-state index contributed by atoms with van der Waals surface area (Å²) in [4.78, 5) is 11.4. The molecule has 0 unspecified atom stereocenters. The smallest absolute Gasteiger partial charge is 0.269 e. The lowest BCUT2D eigenvalue weighted by Gasteiger charge is -2.06. The molecule has 0 amide bonds. The van der Waals surface area contributed by atoms with Gasteiger partial charge in [0, 0.05) is 12.3 Å². The van der Waals surface area contributed by atoms with Gasteiger partial charge in [-0.1, -0.05) is 29.8 Å². The fourth-order valence-corrected chi connectivity index (χ4v) is 1.66. The number of nitrogens with zero attached hydrogens (tertiary/aromatic N) is 1. The number of alkyl halides is 2. The number of halogens is 2. The molecule has 0 aliphatic heterocycles. The number of hydrogen-bond donors (Lipinski definition) is 0. The van der Waals surface area contributed by atoms with Crippen molar-refractivity contribution in [3.05, 3.63) is 58.5 Å². The molecule has 0 saturated carbocycles. The maximum Gasteiger partial charge on any atom is 0.321 e. The van der Waals surface area contributed by atoms with Crippen LogP contribution in [-0.4, -0.2) is 4.57 Å². The lowest BCUT2D eigenvalue weighted by Crippen LogP contribution is -2.18. The fourth-order valence-electron chi connectivity index (χ4n) is 1.66. The van der Waals surface area contributed by atoms with E-state index in [1.807, 2.05) is 31.2 Å². The van der Waals surface area contributed by atoms with Crippen molar-refractivity contribution in [2.75, 3.05) is 0 Å². The molecule has 0 aliphatic carbocycles. The van der Waals surface area contributed by atoms with E-state index in [-0.39, 0.29) is 0 Å². The summed E-state index contributed by atoms with van der Waals surface area (Å²) in [6.45, 7) is -0.863. The van der Waals surface area contributed by atoms with Gasteiger partial charge in [-0.2, -0.15) is 8.78 Å². The standard InChI is InChI=1S/C13H11F2NO/c1-9-3-2-4-10(7-9)11-5-6-16(13(14)15)12(17)8-11/h2-8,13H,1H3. The zero-order valence-corrected chi connectivity index (χ0v) is 9.23. The van der Waals surface area contributed by atoms with Crippen molar-refractivity contribution in [2.45, 2.75) is 13.5 Å². The van der Waals surface area contributed by atoms with Crippen molar-refractivity contribution in [3.8, 4) is 11.1 Å². The number of pyridine rings is 1. The van der Waals surface area contributed by atoms with E-state index in [0.29, 0.717) is 10.1 Å². The highest BCUT2D eigenvalue weighted by Crippen LogP contribution is 2.19. The Labute approximate surface area is 97.1 Å². The molecule has 0 fully saturated rings. The Bertz CT molecular complexity index is 590. The van der Waals surface area contributed by atoms with Crippen LogP contribution < -0.4 is 5.56 Å². The summed E-state index contributed by atoms with van der Waals surface area (Å²) in [5.74, 6) is 0. The van der Waals surface area contributed by atoms with Crippen LogP contribution in [0.2, 0.25) is 0 Å². The van der Waals surface area contributed by atoms with Crippen LogP contribution in [0.5, 0.6) is 0 Å². The average Bonchev–Trinajstić information content (AvgIpc) is 2.28. The summed E-state index contributed by atoms with van der Waals surface area (Å²) in [6.07, 6.45) is 1.12. The molecular formula is C13H11F2NO. The zero-order valence-electron chi connectivity index (χ0n) is 9.23. The Morgan fingerprint density at radius 3 is 2.41 bits per heavy atom. The SMILES string of the molecule is Cc1cccc(-c2ccn(C(F)F)c(=O)c2)c1. The van der Waals surface area contributed by atoms with E-state index in [0.717, 1.165) is 17.3 Å². The van der Waals surface area contributed by atoms with E-state index < -0.39 is 12.1 Å². The normalized spacial score (nSPS) is 10.8. The second-order valence-corrected chi connectivity index (χ2v) is 3.81. The third-order valence-corrected chi connectivity index (χ3v) is 2.51. The van der Waals surface area contributed by atoms with E-state index in [1.54, 1.807) is 0 Å². The van der Waals surface area contributed by atoms with Crippen molar-refractivity contribution >= 4 is 0 Å². The summed E-state index contributed by atoms with van der Waals surface area (Å²) < 4.78 is 25.2. The molecule has 0 saturated heterocycles. The second-order valence-electron chi connectivity index (χ2n) is 3.81. The lowest BCUT2D eigenvalue weighted by atomic mass is 10.1. The summed E-state index contributed by atoms with van der Waals surface area (Å²) in [5, 5.41) is 0. The fraction of sp³-hybridized carbons (Fsp3) is 0.154. The third-order valence-electron chi connectivity index (χ3n) is 2.51. The second kappa shape index (κ2) is 4.49. The van der Waals surface area contributed by atoms with Crippen LogP contribution in [0.3, 0.4) is 0 Å². The first-order valence-electron chi connectivity index (χ1n) is 5.15. The van der Waals surface area contributed by atoms with Gasteiger partial charge in [0.2, 0.25) is 0 Å². The zero-order chi connectivity index (χ0) is 12.4. The predicted molar refractivity (Wildman–Crippen MR) is 62.1 cm³/mol.